The number of aryl methyl sites for hydroxylation is 1. The van der Waals surface area contributed by atoms with Crippen LogP contribution in [-0.2, 0) is 27.2 Å². The number of hydrogen-bond acceptors (Lipinski definition) is 5. The van der Waals surface area contributed by atoms with Crippen molar-refractivity contribution >= 4 is 34.2 Å². The van der Waals surface area contributed by atoms with Crippen LogP contribution in [0.15, 0.2) is 12.2 Å². The average molecular weight is 432 g/mol. The molecule has 0 aliphatic heterocycles. The summed E-state index contributed by atoms with van der Waals surface area (Å²) in [5.41, 5.74) is 1.47. The molecule has 1 aromatic rings. The molecule has 0 unspecified atom stereocenters. The second-order valence-corrected chi connectivity index (χ2v) is 10.00. The van der Waals surface area contributed by atoms with Crippen LogP contribution in [0.2, 0.25) is 0 Å². The maximum Gasteiger partial charge on any atom is 0.341 e. The first-order chi connectivity index (χ1) is 14.4. The summed E-state index contributed by atoms with van der Waals surface area (Å²) in [6.45, 7) is 3.62. The Morgan fingerprint density at radius 2 is 1.73 bits per heavy atom. The van der Waals surface area contributed by atoms with Crippen LogP contribution in [0.5, 0.6) is 0 Å². The van der Waals surface area contributed by atoms with Gasteiger partial charge >= 0.3 is 11.9 Å². The van der Waals surface area contributed by atoms with Crippen molar-refractivity contribution in [2.45, 2.75) is 64.9 Å². The number of fused-ring (bicyclic) bond motifs is 3. The van der Waals surface area contributed by atoms with E-state index >= 15 is 0 Å². The highest BCUT2D eigenvalue weighted by Gasteiger charge is 2.48. The van der Waals surface area contributed by atoms with Gasteiger partial charge in [-0.15, -0.1) is 11.3 Å². The summed E-state index contributed by atoms with van der Waals surface area (Å²) >= 11 is 1.45. The van der Waals surface area contributed by atoms with Gasteiger partial charge in [0, 0.05) is 4.88 Å². The molecule has 5 rings (SSSR count). The minimum Gasteiger partial charge on any atom is -0.481 e. The maximum atomic E-state index is 13.3. The Bertz CT molecular complexity index is 886. The lowest BCUT2D eigenvalue weighted by Gasteiger charge is -2.41. The minimum absolute atomic E-state index is 0.0695. The second-order valence-electron chi connectivity index (χ2n) is 8.89. The number of anilines is 1. The van der Waals surface area contributed by atoms with Crippen LogP contribution in [0.25, 0.3) is 0 Å². The molecule has 0 aromatic carbocycles. The monoisotopic (exact) mass is 431 g/mol. The van der Waals surface area contributed by atoms with Crippen molar-refractivity contribution in [1.29, 1.82) is 0 Å². The number of hydrogen-bond donors (Lipinski definition) is 2. The molecule has 4 aliphatic rings. The fourth-order valence-corrected chi connectivity index (χ4v) is 6.48. The molecule has 0 saturated heterocycles. The van der Waals surface area contributed by atoms with E-state index < -0.39 is 23.8 Å². The quantitative estimate of drug-likeness (QED) is 0.409. The molecule has 30 heavy (non-hydrogen) atoms. The molecular formula is C23H29NO5S. The number of carboxylic acid groups (broad SMARTS) is 1. The van der Waals surface area contributed by atoms with Crippen molar-refractivity contribution in [1.82, 2.24) is 0 Å². The molecule has 2 bridgehead atoms. The fourth-order valence-electron chi connectivity index (χ4n) is 5.20. The van der Waals surface area contributed by atoms with Crippen LogP contribution in [0.4, 0.5) is 5.00 Å². The lowest BCUT2D eigenvalue weighted by atomic mass is 9.62. The third-order valence-corrected chi connectivity index (χ3v) is 7.75. The molecule has 1 fully saturated rings. The average Bonchev–Trinajstić information content (AvgIpc) is 2.88. The number of ether oxygens (including phenoxy) is 1. The maximum absolute atomic E-state index is 13.3. The van der Waals surface area contributed by atoms with E-state index in [0.29, 0.717) is 10.6 Å². The molecule has 0 radical (unpaired) electrons. The summed E-state index contributed by atoms with van der Waals surface area (Å²) in [7, 11) is 0. The summed E-state index contributed by atoms with van der Waals surface area (Å²) < 4.78 is 5.49. The summed E-state index contributed by atoms with van der Waals surface area (Å²) in [5, 5.41) is 13.2. The Labute approximate surface area is 180 Å². The SMILES string of the molecule is CC(C)OC(=O)c1c(NC(=O)[C@H]2[C@H](C(=O)O)[C@H]3C=C[C@H]2CC3)sc2c1CCCCC2. The standard InChI is InChI=1S/C23H29NO5S/c1-12(2)29-23(28)19-15-6-4-3-5-7-16(15)30-21(19)24-20(25)17-13-8-10-14(11-9-13)18(17)22(26)27/h8,10,12-14,17-18H,3-7,9,11H2,1-2H3,(H,24,25)(H,26,27)/t13-,14-,17+,18+/m0/s1. The Balaban J connectivity index is 1.65. The lowest BCUT2D eigenvalue weighted by molar-refractivity contribution is -0.151. The number of carbonyl (C=O) groups excluding carboxylic acids is 2. The molecule has 4 atom stereocenters. The van der Waals surface area contributed by atoms with Crippen LogP contribution >= 0.6 is 11.3 Å². The van der Waals surface area contributed by atoms with Gasteiger partial charge in [0.2, 0.25) is 5.91 Å². The highest BCUT2D eigenvalue weighted by molar-refractivity contribution is 7.17. The third-order valence-electron chi connectivity index (χ3n) is 6.54. The van der Waals surface area contributed by atoms with Gasteiger partial charge in [0.1, 0.15) is 5.00 Å². The van der Waals surface area contributed by atoms with Gasteiger partial charge in [-0.05, 0) is 69.8 Å². The van der Waals surface area contributed by atoms with Gasteiger partial charge in [0.25, 0.3) is 0 Å². The minimum atomic E-state index is -0.921. The van der Waals surface area contributed by atoms with Crippen molar-refractivity contribution < 1.29 is 24.2 Å². The van der Waals surface area contributed by atoms with Crippen LogP contribution in [-0.4, -0.2) is 29.1 Å². The van der Waals surface area contributed by atoms with Crippen molar-refractivity contribution in [2.24, 2.45) is 23.7 Å². The zero-order valence-electron chi connectivity index (χ0n) is 17.5. The number of nitrogens with one attached hydrogen (secondary N) is 1. The predicted molar refractivity (Wildman–Crippen MR) is 115 cm³/mol. The van der Waals surface area contributed by atoms with Gasteiger partial charge in [-0.1, -0.05) is 18.6 Å². The number of thiophene rings is 1. The molecule has 1 amide bonds. The van der Waals surface area contributed by atoms with E-state index in [1.807, 2.05) is 26.0 Å². The molecule has 1 saturated carbocycles. The number of allylic oxidation sites excluding steroid dienone is 2. The van der Waals surface area contributed by atoms with Crippen molar-refractivity contribution in [3.63, 3.8) is 0 Å². The molecule has 1 aromatic heterocycles. The molecule has 1 heterocycles. The zero-order valence-corrected chi connectivity index (χ0v) is 18.3. The molecule has 4 aliphatic carbocycles. The van der Waals surface area contributed by atoms with E-state index in [9.17, 15) is 19.5 Å². The van der Waals surface area contributed by atoms with Crippen molar-refractivity contribution in [3.8, 4) is 0 Å². The largest absolute Gasteiger partial charge is 0.481 e. The molecular weight excluding hydrogens is 402 g/mol. The smallest absolute Gasteiger partial charge is 0.341 e. The molecule has 162 valence electrons. The first kappa shape index (κ1) is 21.1. The number of carboxylic acids is 1. The van der Waals surface area contributed by atoms with Gasteiger partial charge in [-0.2, -0.15) is 0 Å². The summed E-state index contributed by atoms with van der Waals surface area (Å²) in [5.74, 6) is -3.11. The Morgan fingerprint density at radius 1 is 1.07 bits per heavy atom. The van der Waals surface area contributed by atoms with E-state index in [1.165, 1.54) is 11.3 Å². The zero-order chi connectivity index (χ0) is 21.4. The summed E-state index contributed by atoms with van der Waals surface area (Å²) in [4.78, 5) is 39.3. The Kier molecular flexibility index (Phi) is 6.00. The van der Waals surface area contributed by atoms with Crippen LogP contribution < -0.4 is 5.32 Å². The second kappa shape index (κ2) is 8.53. The highest BCUT2D eigenvalue weighted by Crippen LogP contribution is 2.46. The Hall–Kier alpha value is -2.15. The van der Waals surface area contributed by atoms with Crippen molar-refractivity contribution in [3.05, 3.63) is 28.2 Å². The van der Waals surface area contributed by atoms with E-state index in [0.717, 1.165) is 55.4 Å². The molecule has 2 N–H and O–H groups in total. The van der Waals surface area contributed by atoms with Crippen LogP contribution in [0, 0.1) is 23.7 Å². The van der Waals surface area contributed by atoms with Gasteiger partial charge in [0.15, 0.2) is 0 Å². The predicted octanol–water partition coefficient (Wildman–Crippen LogP) is 4.43. The fraction of sp³-hybridized carbons (Fsp3) is 0.609. The number of amides is 1. The number of carbonyl (C=O) groups is 3. The first-order valence-electron chi connectivity index (χ1n) is 10.9. The Morgan fingerprint density at radius 3 is 2.37 bits per heavy atom. The topological polar surface area (TPSA) is 92.7 Å². The van der Waals surface area contributed by atoms with E-state index in [2.05, 4.69) is 5.32 Å². The van der Waals surface area contributed by atoms with Gasteiger partial charge < -0.3 is 15.2 Å². The van der Waals surface area contributed by atoms with E-state index in [1.54, 1.807) is 0 Å². The highest BCUT2D eigenvalue weighted by atomic mass is 32.1. The molecule has 7 heteroatoms. The normalized spacial score (nSPS) is 27.4. The number of aliphatic carboxylic acids is 1. The van der Waals surface area contributed by atoms with Crippen LogP contribution in [0.1, 0.15) is 66.8 Å². The van der Waals surface area contributed by atoms with E-state index in [-0.39, 0.29) is 23.8 Å². The molecule has 0 spiro atoms. The van der Waals surface area contributed by atoms with Gasteiger partial charge in [0.05, 0.1) is 23.5 Å². The van der Waals surface area contributed by atoms with Gasteiger partial charge in [-0.3, -0.25) is 9.59 Å². The summed E-state index contributed by atoms with van der Waals surface area (Å²) in [6, 6.07) is 0. The first-order valence-corrected chi connectivity index (χ1v) is 11.8. The van der Waals surface area contributed by atoms with Crippen LogP contribution in [0.3, 0.4) is 0 Å². The lowest BCUT2D eigenvalue weighted by Crippen LogP contribution is -2.47. The molecule has 6 nitrogen and oxygen atoms in total. The van der Waals surface area contributed by atoms with Gasteiger partial charge in [-0.25, -0.2) is 4.79 Å². The third kappa shape index (κ3) is 3.92. The van der Waals surface area contributed by atoms with Crippen molar-refractivity contribution in [2.75, 3.05) is 5.32 Å². The number of rotatable bonds is 5. The number of esters is 1. The summed E-state index contributed by atoms with van der Waals surface area (Å²) in [6.07, 6.45) is 10.2. The van der Waals surface area contributed by atoms with E-state index in [4.69, 9.17) is 4.74 Å².